The van der Waals surface area contributed by atoms with Crippen LogP contribution in [0.15, 0.2) is 34.6 Å². The highest BCUT2D eigenvalue weighted by molar-refractivity contribution is 7.10. The smallest absolute Gasteiger partial charge is 0.143 e. The highest BCUT2D eigenvalue weighted by Gasteiger charge is 2.14. The molecule has 2 rings (SSSR count). The Balaban J connectivity index is 2.14. The van der Waals surface area contributed by atoms with Crippen molar-refractivity contribution in [1.82, 2.24) is 4.90 Å². The predicted molar refractivity (Wildman–Crippen MR) is 91.3 cm³/mol. The minimum atomic E-state index is 0.00217. The van der Waals surface area contributed by atoms with E-state index in [4.69, 9.17) is 23.2 Å². The minimum absolute atomic E-state index is 0.00217. The molecule has 0 bridgehead atoms. The van der Waals surface area contributed by atoms with E-state index < -0.39 is 0 Å². The fourth-order valence-corrected chi connectivity index (χ4v) is 3.35. The van der Waals surface area contributed by atoms with E-state index in [1.807, 2.05) is 20.2 Å². The average molecular weight is 343 g/mol. The molecule has 0 spiro atoms. The summed E-state index contributed by atoms with van der Waals surface area (Å²) in [4.78, 5) is 7.80. The van der Waals surface area contributed by atoms with Crippen LogP contribution in [-0.2, 0) is 0 Å². The molecule has 0 amide bonds. The van der Waals surface area contributed by atoms with Gasteiger partial charge < -0.3 is 10.0 Å². The summed E-state index contributed by atoms with van der Waals surface area (Å²) in [6.07, 6.45) is 1.61. The second-order valence-electron chi connectivity index (χ2n) is 4.81. The van der Waals surface area contributed by atoms with Crippen LogP contribution in [0.1, 0.15) is 16.5 Å². The lowest BCUT2D eigenvalue weighted by molar-refractivity contribution is 0.311. The first-order chi connectivity index (χ1) is 9.99. The zero-order valence-electron chi connectivity index (χ0n) is 11.8. The molecule has 1 atom stereocenters. The number of thiophene rings is 1. The zero-order valence-corrected chi connectivity index (χ0v) is 14.1. The van der Waals surface area contributed by atoms with Gasteiger partial charge in [-0.2, -0.15) is 0 Å². The molecule has 1 heterocycles. The molecule has 2 aromatic rings. The van der Waals surface area contributed by atoms with Gasteiger partial charge in [0.25, 0.3) is 0 Å². The Morgan fingerprint density at radius 1 is 1.38 bits per heavy atom. The molecule has 0 radical (unpaired) electrons. The number of aliphatic imine (C=N–C) groups is 1. The molecule has 0 aliphatic heterocycles. The molecule has 0 unspecified atom stereocenters. The number of phenols is 1. The molecular formula is C15H16Cl2N2OS. The van der Waals surface area contributed by atoms with Gasteiger partial charge in [-0.3, -0.25) is 4.99 Å². The zero-order chi connectivity index (χ0) is 15.4. The van der Waals surface area contributed by atoms with Crippen molar-refractivity contribution in [3.8, 4) is 5.75 Å². The van der Waals surface area contributed by atoms with Crippen LogP contribution in [0.3, 0.4) is 0 Å². The van der Waals surface area contributed by atoms with Crippen LogP contribution in [0.4, 0.5) is 0 Å². The van der Waals surface area contributed by atoms with E-state index in [-0.39, 0.29) is 16.8 Å². The molecule has 0 saturated heterocycles. The third-order valence-electron chi connectivity index (χ3n) is 3.06. The molecule has 3 nitrogen and oxygen atoms in total. The van der Waals surface area contributed by atoms with E-state index in [0.717, 1.165) is 0 Å². The van der Waals surface area contributed by atoms with Crippen molar-refractivity contribution in [2.24, 2.45) is 4.99 Å². The summed E-state index contributed by atoms with van der Waals surface area (Å²) < 4.78 is 0. The number of hydrogen-bond acceptors (Lipinski definition) is 4. The maximum Gasteiger partial charge on any atom is 0.143 e. The second-order valence-corrected chi connectivity index (χ2v) is 6.64. The SMILES string of the molecule is CN(C)[C@H](CN=Cc1cc(Cl)cc(Cl)c1O)c1cccs1. The highest BCUT2D eigenvalue weighted by Crippen LogP contribution is 2.30. The summed E-state index contributed by atoms with van der Waals surface area (Å²) in [5.41, 5.74) is 0.524. The summed E-state index contributed by atoms with van der Waals surface area (Å²) >= 11 is 13.5. The lowest BCUT2D eigenvalue weighted by atomic mass is 10.2. The van der Waals surface area contributed by atoms with Crippen LogP contribution in [0, 0.1) is 0 Å². The Morgan fingerprint density at radius 3 is 2.76 bits per heavy atom. The van der Waals surface area contributed by atoms with Gasteiger partial charge in [-0.15, -0.1) is 11.3 Å². The van der Waals surface area contributed by atoms with Gasteiger partial charge in [0.05, 0.1) is 17.6 Å². The van der Waals surface area contributed by atoms with E-state index in [1.54, 1.807) is 23.6 Å². The molecule has 112 valence electrons. The Morgan fingerprint density at radius 2 is 2.14 bits per heavy atom. The van der Waals surface area contributed by atoms with Gasteiger partial charge in [0.1, 0.15) is 5.75 Å². The van der Waals surface area contributed by atoms with E-state index in [9.17, 15) is 5.11 Å². The molecule has 0 fully saturated rings. The summed E-state index contributed by atoms with van der Waals surface area (Å²) in [5.74, 6) is 0.00217. The van der Waals surface area contributed by atoms with Gasteiger partial charge >= 0.3 is 0 Å². The molecule has 1 aromatic heterocycles. The van der Waals surface area contributed by atoms with Crippen molar-refractivity contribution in [2.75, 3.05) is 20.6 Å². The Kier molecular flexibility index (Phi) is 5.65. The molecule has 0 saturated carbocycles. The average Bonchev–Trinajstić information content (AvgIpc) is 2.93. The third kappa shape index (κ3) is 4.20. The predicted octanol–water partition coefficient (Wildman–Crippen LogP) is 4.48. The third-order valence-corrected chi connectivity index (χ3v) is 4.54. The molecule has 6 heteroatoms. The number of nitrogens with zero attached hydrogens (tertiary/aromatic N) is 2. The second kappa shape index (κ2) is 7.27. The lowest BCUT2D eigenvalue weighted by Crippen LogP contribution is -2.21. The maximum atomic E-state index is 9.89. The van der Waals surface area contributed by atoms with Crippen molar-refractivity contribution in [1.29, 1.82) is 0 Å². The fourth-order valence-electron chi connectivity index (χ4n) is 1.92. The van der Waals surface area contributed by atoms with Crippen molar-refractivity contribution < 1.29 is 5.11 Å². The van der Waals surface area contributed by atoms with Crippen molar-refractivity contribution in [3.05, 3.63) is 50.1 Å². The number of aromatic hydroxyl groups is 1. The lowest BCUT2D eigenvalue weighted by Gasteiger charge is -2.21. The minimum Gasteiger partial charge on any atom is -0.506 e. The molecule has 21 heavy (non-hydrogen) atoms. The molecular weight excluding hydrogens is 327 g/mol. The highest BCUT2D eigenvalue weighted by atomic mass is 35.5. The number of benzene rings is 1. The number of likely N-dealkylation sites (N-methyl/N-ethyl adjacent to an activating group) is 1. The first-order valence-corrected chi connectivity index (χ1v) is 8.00. The van der Waals surface area contributed by atoms with Crippen LogP contribution in [-0.4, -0.2) is 36.9 Å². The van der Waals surface area contributed by atoms with Crippen LogP contribution < -0.4 is 0 Å². The van der Waals surface area contributed by atoms with Crippen LogP contribution in [0.25, 0.3) is 0 Å². The van der Waals surface area contributed by atoms with Gasteiger partial charge in [0.15, 0.2) is 0 Å². The van der Waals surface area contributed by atoms with E-state index >= 15 is 0 Å². The molecule has 1 N–H and O–H groups in total. The van der Waals surface area contributed by atoms with E-state index in [0.29, 0.717) is 17.1 Å². The first-order valence-electron chi connectivity index (χ1n) is 6.36. The molecule has 0 aliphatic carbocycles. The number of phenolic OH excluding ortho intramolecular Hbond substituents is 1. The van der Waals surface area contributed by atoms with Gasteiger partial charge in [-0.1, -0.05) is 29.3 Å². The first kappa shape index (κ1) is 16.3. The van der Waals surface area contributed by atoms with E-state index in [2.05, 4.69) is 21.3 Å². The fraction of sp³-hybridized carbons (Fsp3) is 0.267. The van der Waals surface area contributed by atoms with Gasteiger partial charge in [0, 0.05) is 21.7 Å². The normalized spacial score (nSPS) is 13.2. The largest absolute Gasteiger partial charge is 0.506 e. The Labute approximate surface area is 138 Å². The maximum absolute atomic E-state index is 9.89. The topological polar surface area (TPSA) is 35.8 Å². The van der Waals surface area contributed by atoms with Crippen molar-refractivity contribution in [2.45, 2.75) is 6.04 Å². The van der Waals surface area contributed by atoms with Crippen LogP contribution in [0.5, 0.6) is 5.75 Å². The number of hydrogen-bond donors (Lipinski definition) is 1. The Bertz CT molecular complexity index is 627. The summed E-state index contributed by atoms with van der Waals surface area (Å²) in [6, 6.07) is 7.48. The van der Waals surface area contributed by atoms with Gasteiger partial charge in [0.2, 0.25) is 0 Å². The van der Waals surface area contributed by atoms with Crippen molar-refractivity contribution in [3.63, 3.8) is 0 Å². The standard InChI is InChI=1S/C15H16Cl2N2OS/c1-19(2)13(14-4-3-5-21-14)9-18-8-10-6-11(16)7-12(17)15(10)20/h3-8,13,20H,9H2,1-2H3/t13-/m1/s1. The van der Waals surface area contributed by atoms with E-state index in [1.165, 1.54) is 10.9 Å². The molecule has 0 aliphatic rings. The monoisotopic (exact) mass is 342 g/mol. The van der Waals surface area contributed by atoms with Crippen LogP contribution >= 0.6 is 34.5 Å². The number of rotatable bonds is 5. The summed E-state index contributed by atoms with van der Waals surface area (Å²) in [6.45, 7) is 0.594. The van der Waals surface area contributed by atoms with Crippen LogP contribution in [0.2, 0.25) is 10.0 Å². The van der Waals surface area contributed by atoms with Gasteiger partial charge in [-0.05, 0) is 37.7 Å². The number of halogens is 2. The van der Waals surface area contributed by atoms with Gasteiger partial charge in [-0.25, -0.2) is 0 Å². The Hall–Kier alpha value is -1.07. The summed E-state index contributed by atoms with van der Waals surface area (Å²) in [7, 11) is 4.04. The molecule has 1 aromatic carbocycles. The van der Waals surface area contributed by atoms with Crippen molar-refractivity contribution >= 4 is 40.8 Å². The summed E-state index contributed by atoms with van der Waals surface area (Å²) in [5, 5.41) is 12.6. The quantitative estimate of drug-likeness (QED) is 0.813.